The van der Waals surface area contributed by atoms with Crippen molar-refractivity contribution in [1.29, 1.82) is 0 Å². The fourth-order valence-corrected chi connectivity index (χ4v) is 6.65. The summed E-state index contributed by atoms with van der Waals surface area (Å²) in [6, 6.07) is 27.8. The van der Waals surface area contributed by atoms with Gasteiger partial charge in [-0.3, -0.25) is 13.9 Å². The number of amides is 2. The molecule has 0 fully saturated rings. The fraction of sp³-hybridized carbons (Fsp3) is 0.278. The minimum absolute atomic E-state index is 0.0354. The van der Waals surface area contributed by atoms with Crippen LogP contribution < -0.4 is 19.1 Å². The Labute approximate surface area is 282 Å². The van der Waals surface area contributed by atoms with E-state index in [4.69, 9.17) is 21.1 Å². The number of hydrogen-bond donors (Lipinski definition) is 1. The molecular weight excluding hydrogens is 638 g/mol. The van der Waals surface area contributed by atoms with Crippen LogP contribution in [0.2, 0.25) is 5.02 Å². The van der Waals surface area contributed by atoms with Crippen molar-refractivity contribution in [2.24, 2.45) is 0 Å². The number of rotatable bonds is 15. The van der Waals surface area contributed by atoms with E-state index in [-0.39, 0.29) is 41.2 Å². The molecule has 2 amide bonds. The maximum atomic E-state index is 14.6. The second-order valence-corrected chi connectivity index (χ2v) is 13.3. The van der Waals surface area contributed by atoms with Gasteiger partial charge in [-0.05, 0) is 66.9 Å². The predicted molar refractivity (Wildman–Crippen MR) is 184 cm³/mol. The van der Waals surface area contributed by atoms with Crippen LogP contribution in [-0.2, 0) is 32.6 Å². The molecule has 0 aliphatic heterocycles. The minimum Gasteiger partial charge on any atom is -0.497 e. The average molecular weight is 678 g/mol. The highest BCUT2D eigenvalue weighted by Crippen LogP contribution is 2.33. The first-order valence-corrected chi connectivity index (χ1v) is 17.1. The van der Waals surface area contributed by atoms with Crippen molar-refractivity contribution in [1.82, 2.24) is 10.2 Å². The lowest BCUT2D eigenvalue weighted by molar-refractivity contribution is -0.140. The first-order chi connectivity index (χ1) is 22.6. The Hall–Kier alpha value is -4.54. The summed E-state index contributed by atoms with van der Waals surface area (Å²) in [5.41, 5.74) is 1.61. The smallest absolute Gasteiger partial charge is 0.264 e. The molecule has 1 N–H and O–H groups in total. The van der Waals surface area contributed by atoms with Crippen LogP contribution in [0.15, 0.2) is 108 Å². The maximum Gasteiger partial charge on any atom is 0.264 e. The SMILES string of the molecule is CCC(C)NC(=O)C(Cc1ccccc1)N(Cc1ccccc1Cl)C(=O)CN(c1ccccc1OC)S(=O)(=O)c1ccc(OC)cc1. The van der Waals surface area contributed by atoms with Gasteiger partial charge in [0.15, 0.2) is 0 Å². The molecule has 0 saturated heterocycles. The molecule has 0 saturated carbocycles. The van der Waals surface area contributed by atoms with Gasteiger partial charge in [-0.25, -0.2) is 8.42 Å². The highest BCUT2D eigenvalue weighted by molar-refractivity contribution is 7.92. The largest absolute Gasteiger partial charge is 0.497 e. The Morgan fingerprint density at radius 2 is 1.49 bits per heavy atom. The Bertz CT molecular complexity index is 1750. The number of nitrogens with one attached hydrogen (secondary N) is 1. The molecule has 11 heteroatoms. The van der Waals surface area contributed by atoms with Gasteiger partial charge >= 0.3 is 0 Å². The standard InChI is InChI=1S/C36H40ClN3O6S/c1-5-26(2)38-36(42)33(23-27-13-7-6-8-14-27)39(24-28-15-9-10-16-31(28)37)35(41)25-40(32-17-11-12-18-34(32)46-4)47(43,44)30-21-19-29(45-3)20-22-30/h6-22,26,33H,5,23-25H2,1-4H3,(H,38,42). The lowest BCUT2D eigenvalue weighted by Crippen LogP contribution is -2.54. The van der Waals surface area contributed by atoms with Crippen LogP contribution in [0.1, 0.15) is 31.4 Å². The van der Waals surface area contributed by atoms with Crippen LogP contribution in [0.5, 0.6) is 11.5 Å². The van der Waals surface area contributed by atoms with Crippen LogP contribution >= 0.6 is 11.6 Å². The van der Waals surface area contributed by atoms with Crippen molar-refractivity contribution in [3.63, 3.8) is 0 Å². The van der Waals surface area contributed by atoms with E-state index in [1.54, 1.807) is 48.5 Å². The summed E-state index contributed by atoms with van der Waals surface area (Å²) in [6.07, 6.45) is 0.878. The predicted octanol–water partition coefficient (Wildman–Crippen LogP) is 6.11. The van der Waals surface area contributed by atoms with Gasteiger partial charge in [-0.15, -0.1) is 0 Å². The van der Waals surface area contributed by atoms with Crippen LogP contribution in [0.4, 0.5) is 5.69 Å². The third-order valence-electron chi connectivity index (χ3n) is 7.85. The first-order valence-electron chi connectivity index (χ1n) is 15.3. The third kappa shape index (κ3) is 8.84. The number of ether oxygens (including phenoxy) is 2. The lowest BCUT2D eigenvalue weighted by Gasteiger charge is -2.34. The van der Waals surface area contributed by atoms with E-state index in [1.165, 1.54) is 43.4 Å². The van der Waals surface area contributed by atoms with E-state index in [9.17, 15) is 18.0 Å². The Kier molecular flexibility index (Phi) is 12.3. The minimum atomic E-state index is -4.33. The highest BCUT2D eigenvalue weighted by Gasteiger charge is 2.36. The van der Waals surface area contributed by atoms with Gasteiger partial charge in [-0.2, -0.15) is 0 Å². The number of anilines is 1. The second kappa shape index (κ2) is 16.3. The van der Waals surface area contributed by atoms with Crippen molar-refractivity contribution < 1.29 is 27.5 Å². The molecule has 0 aromatic heterocycles. The molecular formula is C36H40ClN3O6S. The zero-order valence-electron chi connectivity index (χ0n) is 26.9. The summed E-state index contributed by atoms with van der Waals surface area (Å²) in [5, 5.41) is 3.44. The summed E-state index contributed by atoms with van der Waals surface area (Å²) in [5.74, 6) is -0.227. The molecule has 0 bridgehead atoms. The van der Waals surface area contributed by atoms with Gasteiger partial charge in [-0.1, -0.05) is 79.2 Å². The Balaban J connectivity index is 1.84. The Morgan fingerprint density at radius 1 is 0.851 bits per heavy atom. The maximum absolute atomic E-state index is 14.6. The number of halogens is 1. The van der Waals surface area contributed by atoms with Crippen molar-refractivity contribution in [3.05, 3.63) is 119 Å². The summed E-state index contributed by atoms with van der Waals surface area (Å²) in [7, 11) is -1.41. The molecule has 2 atom stereocenters. The summed E-state index contributed by atoms with van der Waals surface area (Å²) in [4.78, 5) is 30.0. The highest BCUT2D eigenvalue weighted by atomic mass is 35.5. The molecule has 4 rings (SSSR count). The molecule has 4 aromatic carbocycles. The third-order valence-corrected chi connectivity index (χ3v) is 9.99. The quantitative estimate of drug-likeness (QED) is 0.163. The molecule has 0 heterocycles. The molecule has 248 valence electrons. The van der Waals surface area contributed by atoms with Gasteiger partial charge in [0.05, 0.1) is 24.8 Å². The molecule has 0 spiro atoms. The van der Waals surface area contributed by atoms with Crippen molar-refractivity contribution in [3.8, 4) is 11.5 Å². The molecule has 0 radical (unpaired) electrons. The van der Waals surface area contributed by atoms with Gasteiger partial charge in [0.2, 0.25) is 11.8 Å². The van der Waals surface area contributed by atoms with Crippen LogP contribution in [0.25, 0.3) is 0 Å². The molecule has 9 nitrogen and oxygen atoms in total. The zero-order valence-corrected chi connectivity index (χ0v) is 28.5. The van der Waals surface area contributed by atoms with Crippen molar-refractivity contribution in [2.45, 2.75) is 50.2 Å². The number of sulfonamides is 1. The summed E-state index contributed by atoms with van der Waals surface area (Å²) >= 11 is 6.57. The molecule has 0 aliphatic rings. The van der Waals surface area contributed by atoms with E-state index in [0.717, 1.165) is 9.87 Å². The number of benzene rings is 4. The number of carbonyl (C=O) groups excluding carboxylic acids is 2. The van der Waals surface area contributed by atoms with E-state index >= 15 is 0 Å². The molecule has 2 unspecified atom stereocenters. The van der Waals surface area contributed by atoms with Gasteiger partial charge in [0.1, 0.15) is 24.1 Å². The molecule has 4 aromatic rings. The Morgan fingerprint density at radius 3 is 2.13 bits per heavy atom. The summed E-state index contributed by atoms with van der Waals surface area (Å²) in [6.45, 7) is 3.19. The molecule has 0 aliphatic carbocycles. The van der Waals surface area contributed by atoms with Crippen molar-refractivity contribution in [2.75, 3.05) is 25.1 Å². The number of hydrogen-bond acceptors (Lipinski definition) is 6. The number of nitrogens with zero attached hydrogens (tertiary/aromatic N) is 2. The van der Waals surface area contributed by atoms with Gasteiger partial charge in [0.25, 0.3) is 10.0 Å². The number of para-hydroxylation sites is 2. The molecule has 47 heavy (non-hydrogen) atoms. The summed E-state index contributed by atoms with van der Waals surface area (Å²) < 4.78 is 40.4. The monoisotopic (exact) mass is 677 g/mol. The zero-order chi connectivity index (χ0) is 34.0. The topological polar surface area (TPSA) is 105 Å². The van der Waals surface area contributed by atoms with Crippen LogP contribution in [-0.4, -0.2) is 58.0 Å². The van der Waals surface area contributed by atoms with Crippen molar-refractivity contribution >= 4 is 39.1 Å². The first kappa shape index (κ1) is 35.3. The van der Waals surface area contributed by atoms with Crippen LogP contribution in [0.3, 0.4) is 0 Å². The van der Waals surface area contributed by atoms with E-state index in [0.29, 0.717) is 22.8 Å². The van der Waals surface area contributed by atoms with Gasteiger partial charge in [0, 0.05) is 24.0 Å². The van der Waals surface area contributed by atoms with Gasteiger partial charge < -0.3 is 19.7 Å². The van der Waals surface area contributed by atoms with E-state index in [1.807, 2.05) is 44.2 Å². The fourth-order valence-electron chi connectivity index (χ4n) is 5.03. The average Bonchev–Trinajstić information content (AvgIpc) is 3.09. The second-order valence-electron chi connectivity index (χ2n) is 11.0. The number of methoxy groups -OCH3 is 2. The van der Waals surface area contributed by atoms with E-state index in [2.05, 4.69) is 5.32 Å². The lowest BCUT2D eigenvalue weighted by atomic mass is 10.0. The number of carbonyl (C=O) groups is 2. The van der Waals surface area contributed by atoms with E-state index < -0.39 is 28.5 Å². The normalized spacial score (nSPS) is 12.4. The van der Waals surface area contributed by atoms with Crippen LogP contribution in [0, 0.1) is 0 Å².